The molecule has 10 unspecified atom stereocenters. The van der Waals surface area contributed by atoms with Crippen LogP contribution in [0.2, 0.25) is 0 Å². The SMILES string of the molecule is CC(C)C1CC(O)C2(C)CC3C(C)CCC4C5=C(C(=O)OC5CC4C)C3(O)CC12. The monoisotopic (exact) mass is 402 g/mol. The van der Waals surface area contributed by atoms with Crippen molar-refractivity contribution in [2.24, 2.45) is 46.8 Å². The molecule has 3 saturated carbocycles. The number of ether oxygens (including phenoxy) is 1. The minimum absolute atomic E-state index is 0.00923. The van der Waals surface area contributed by atoms with E-state index >= 15 is 0 Å². The van der Waals surface area contributed by atoms with Gasteiger partial charge in [-0.3, -0.25) is 0 Å². The first-order valence-corrected chi connectivity index (χ1v) is 11.9. The Kier molecular flexibility index (Phi) is 4.37. The number of carbonyl (C=O) groups excluding carboxylic acids is 1. The van der Waals surface area contributed by atoms with Gasteiger partial charge in [-0.05, 0) is 90.9 Å². The molecule has 5 rings (SSSR count). The highest BCUT2D eigenvalue weighted by atomic mass is 16.6. The van der Waals surface area contributed by atoms with Gasteiger partial charge in [0.25, 0.3) is 0 Å². The van der Waals surface area contributed by atoms with E-state index in [0.717, 1.165) is 37.7 Å². The molecule has 0 aromatic heterocycles. The van der Waals surface area contributed by atoms with Gasteiger partial charge >= 0.3 is 5.97 Å². The van der Waals surface area contributed by atoms with Crippen LogP contribution in [-0.2, 0) is 9.53 Å². The molecule has 10 atom stereocenters. The highest BCUT2D eigenvalue weighted by Crippen LogP contribution is 2.65. The Hall–Kier alpha value is -0.870. The molecule has 0 saturated heterocycles. The summed E-state index contributed by atoms with van der Waals surface area (Å²) < 4.78 is 5.84. The van der Waals surface area contributed by atoms with E-state index in [-0.39, 0.29) is 35.4 Å². The standard InChI is InChI=1S/C25H38O4/c1-12(2)16-9-20(26)24(5)10-17-13(3)6-7-15-14(4)8-19-21(15)22(23(27)29-19)25(17,28)11-18(16)24/h12-20,26,28H,6-11H2,1-5H3. The number of hydrogen-bond donors (Lipinski definition) is 2. The number of esters is 1. The fourth-order valence-electron chi connectivity index (χ4n) is 8.37. The molecule has 4 nitrogen and oxygen atoms in total. The summed E-state index contributed by atoms with van der Waals surface area (Å²) in [5.41, 5.74) is 0.504. The molecule has 162 valence electrons. The summed E-state index contributed by atoms with van der Waals surface area (Å²) in [6.07, 6.45) is 4.84. The Morgan fingerprint density at radius 1 is 1.07 bits per heavy atom. The third-order valence-corrected chi connectivity index (χ3v) is 10.1. The third kappa shape index (κ3) is 2.54. The second kappa shape index (κ2) is 6.32. The van der Waals surface area contributed by atoms with Crippen LogP contribution < -0.4 is 0 Å². The fourth-order valence-corrected chi connectivity index (χ4v) is 8.37. The van der Waals surface area contributed by atoms with Crippen molar-refractivity contribution >= 4 is 5.97 Å². The van der Waals surface area contributed by atoms with E-state index in [9.17, 15) is 15.0 Å². The lowest BCUT2D eigenvalue weighted by atomic mass is 9.52. The van der Waals surface area contributed by atoms with E-state index in [1.165, 1.54) is 0 Å². The molecule has 5 aliphatic rings. The fraction of sp³-hybridized carbons (Fsp3) is 0.880. The normalized spacial score (nSPS) is 54.0. The van der Waals surface area contributed by atoms with Gasteiger partial charge < -0.3 is 14.9 Å². The summed E-state index contributed by atoms with van der Waals surface area (Å²) in [7, 11) is 0. The van der Waals surface area contributed by atoms with Crippen molar-refractivity contribution in [3.8, 4) is 0 Å². The van der Waals surface area contributed by atoms with Crippen molar-refractivity contribution in [1.82, 2.24) is 0 Å². The highest BCUT2D eigenvalue weighted by molar-refractivity contribution is 5.95. The number of rotatable bonds is 1. The lowest BCUT2D eigenvalue weighted by molar-refractivity contribution is -0.152. The average molecular weight is 403 g/mol. The molecule has 1 aliphatic heterocycles. The van der Waals surface area contributed by atoms with Gasteiger partial charge in [0.1, 0.15) is 11.7 Å². The summed E-state index contributed by atoms with van der Waals surface area (Å²) in [6, 6.07) is 0. The van der Waals surface area contributed by atoms with Gasteiger partial charge in [0, 0.05) is 0 Å². The largest absolute Gasteiger partial charge is 0.454 e. The van der Waals surface area contributed by atoms with Crippen LogP contribution in [0.5, 0.6) is 0 Å². The van der Waals surface area contributed by atoms with Crippen LogP contribution in [0.1, 0.15) is 73.1 Å². The van der Waals surface area contributed by atoms with Crippen molar-refractivity contribution < 1.29 is 19.7 Å². The number of aliphatic hydroxyl groups excluding tert-OH is 1. The van der Waals surface area contributed by atoms with Crippen LogP contribution in [0.3, 0.4) is 0 Å². The van der Waals surface area contributed by atoms with Crippen molar-refractivity contribution in [3.05, 3.63) is 11.1 Å². The van der Waals surface area contributed by atoms with Gasteiger partial charge in [-0.25, -0.2) is 4.79 Å². The Balaban J connectivity index is 1.65. The van der Waals surface area contributed by atoms with Gasteiger partial charge in [-0.15, -0.1) is 0 Å². The topological polar surface area (TPSA) is 66.8 Å². The zero-order chi connectivity index (χ0) is 20.9. The molecular formula is C25H38O4. The molecule has 0 spiro atoms. The smallest absolute Gasteiger partial charge is 0.337 e. The Labute approximate surface area is 175 Å². The average Bonchev–Trinajstić information content (AvgIpc) is 3.19. The predicted octanol–water partition coefficient (Wildman–Crippen LogP) is 4.09. The molecule has 0 aromatic carbocycles. The van der Waals surface area contributed by atoms with Gasteiger partial charge in [0.2, 0.25) is 0 Å². The zero-order valence-electron chi connectivity index (χ0n) is 18.6. The summed E-state index contributed by atoms with van der Waals surface area (Å²) >= 11 is 0. The minimum atomic E-state index is -1.11. The molecule has 4 aliphatic carbocycles. The number of hydrogen-bond acceptors (Lipinski definition) is 4. The van der Waals surface area contributed by atoms with Crippen LogP contribution in [0.4, 0.5) is 0 Å². The maximum absolute atomic E-state index is 13.1. The van der Waals surface area contributed by atoms with E-state index < -0.39 is 5.60 Å². The lowest BCUT2D eigenvalue weighted by Crippen LogP contribution is -2.56. The maximum atomic E-state index is 13.1. The first kappa shape index (κ1) is 20.1. The van der Waals surface area contributed by atoms with Gasteiger partial charge in [0.05, 0.1) is 11.7 Å². The van der Waals surface area contributed by atoms with Crippen molar-refractivity contribution in [2.75, 3.05) is 0 Å². The second-order valence-corrected chi connectivity index (χ2v) is 11.8. The maximum Gasteiger partial charge on any atom is 0.337 e. The highest BCUT2D eigenvalue weighted by Gasteiger charge is 2.65. The first-order valence-electron chi connectivity index (χ1n) is 11.9. The third-order valence-electron chi connectivity index (χ3n) is 10.1. The molecular weight excluding hydrogens is 364 g/mol. The van der Waals surface area contributed by atoms with E-state index in [1.54, 1.807) is 0 Å². The molecule has 4 heteroatoms. The van der Waals surface area contributed by atoms with Crippen LogP contribution in [0.25, 0.3) is 0 Å². The molecule has 1 heterocycles. The van der Waals surface area contributed by atoms with Crippen LogP contribution in [0.15, 0.2) is 11.1 Å². The second-order valence-electron chi connectivity index (χ2n) is 11.8. The van der Waals surface area contributed by atoms with Crippen molar-refractivity contribution in [2.45, 2.75) is 91.0 Å². The molecule has 29 heavy (non-hydrogen) atoms. The summed E-state index contributed by atoms with van der Waals surface area (Å²) in [5, 5.41) is 23.4. The number of aliphatic hydroxyl groups is 2. The number of carbonyl (C=O) groups is 1. The van der Waals surface area contributed by atoms with Crippen LogP contribution in [-0.4, -0.2) is 34.0 Å². The minimum Gasteiger partial charge on any atom is -0.454 e. The summed E-state index contributed by atoms with van der Waals surface area (Å²) in [4.78, 5) is 13.1. The molecule has 0 amide bonds. The van der Waals surface area contributed by atoms with Crippen LogP contribution >= 0.6 is 0 Å². The Bertz CT molecular complexity index is 756. The molecule has 0 radical (unpaired) electrons. The zero-order valence-corrected chi connectivity index (χ0v) is 18.6. The Morgan fingerprint density at radius 3 is 2.48 bits per heavy atom. The first-order chi connectivity index (χ1) is 13.6. The van der Waals surface area contributed by atoms with Crippen molar-refractivity contribution in [3.63, 3.8) is 0 Å². The quantitative estimate of drug-likeness (QED) is 0.648. The van der Waals surface area contributed by atoms with E-state index in [2.05, 4.69) is 34.6 Å². The Morgan fingerprint density at radius 2 is 1.79 bits per heavy atom. The summed E-state index contributed by atoms with van der Waals surface area (Å²) in [6.45, 7) is 11.2. The van der Waals surface area contributed by atoms with Crippen LogP contribution in [0, 0.1) is 46.8 Å². The number of fused-ring (bicyclic) bond motifs is 3. The predicted molar refractivity (Wildman–Crippen MR) is 111 cm³/mol. The van der Waals surface area contributed by atoms with Gasteiger partial charge in [-0.1, -0.05) is 34.6 Å². The van der Waals surface area contributed by atoms with E-state index in [0.29, 0.717) is 41.6 Å². The summed E-state index contributed by atoms with van der Waals surface area (Å²) in [5.74, 6) is 2.05. The molecule has 0 bridgehead atoms. The molecule has 0 aromatic rings. The molecule has 3 fully saturated rings. The van der Waals surface area contributed by atoms with Gasteiger partial charge in [0.15, 0.2) is 0 Å². The lowest BCUT2D eigenvalue weighted by Gasteiger charge is -2.55. The van der Waals surface area contributed by atoms with E-state index in [1.807, 2.05) is 0 Å². The van der Waals surface area contributed by atoms with E-state index in [4.69, 9.17) is 4.74 Å². The molecule has 2 N–H and O–H groups in total. The van der Waals surface area contributed by atoms with Gasteiger partial charge in [-0.2, -0.15) is 0 Å². The van der Waals surface area contributed by atoms with Crippen molar-refractivity contribution in [1.29, 1.82) is 0 Å².